The van der Waals surface area contributed by atoms with E-state index in [1.807, 2.05) is 0 Å². The maximum absolute atomic E-state index is 13.3. The number of nitrogens with one attached hydrogen (secondary N) is 2. The summed E-state index contributed by atoms with van der Waals surface area (Å²) in [6.45, 7) is 7.48. The number of anilines is 1. The highest BCUT2D eigenvalue weighted by Crippen LogP contribution is 2.31. The molecule has 30 heavy (non-hydrogen) atoms. The van der Waals surface area contributed by atoms with Crippen molar-refractivity contribution in [1.29, 1.82) is 0 Å². The van der Waals surface area contributed by atoms with Crippen molar-refractivity contribution in [3.8, 4) is 0 Å². The summed E-state index contributed by atoms with van der Waals surface area (Å²) in [5.74, 6) is 0.636. The van der Waals surface area contributed by atoms with Crippen LogP contribution in [0, 0.1) is 17.7 Å². The van der Waals surface area contributed by atoms with E-state index in [9.17, 15) is 14.0 Å². The van der Waals surface area contributed by atoms with E-state index in [4.69, 9.17) is 0 Å². The highest BCUT2D eigenvalue weighted by Gasteiger charge is 2.37. The number of hydrogen-bond donors (Lipinski definition) is 2. The van der Waals surface area contributed by atoms with Crippen molar-refractivity contribution in [3.05, 3.63) is 30.1 Å². The molecule has 1 heterocycles. The van der Waals surface area contributed by atoms with Crippen LogP contribution in [0.1, 0.15) is 46.0 Å². The molecule has 2 aliphatic rings. The number of piperazine rings is 1. The van der Waals surface area contributed by atoms with E-state index >= 15 is 0 Å². The second kappa shape index (κ2) is 10.8. The van der Waals surface area contributed by atoms with E-state index in [1.54, 1.807) is 17.0 Å². The van der Waals surface area contributed by atoms with Gasteiger partial charge in [-0.3, -0.25) is 9.69 Å². The van der Waals surface area contributed by atoms with Gasteiger partial charge in [0.2, 0.25) is 5.91 Å². The molecule has 7 heteroatoms. The fourth-order valence-electron chi connectivity index (χ4n) is 4.45. The molecule has 3 rings (SSSR count). The minimum Gasteiger partial charge on any atom is -0.354 e. The van der Waals surface area contributed by atoms with Crippen molar-refractivity contribution >= 4 is 17.6 Å². The molecule has 2 fully saturated rings. The van der Waals surface area contributed by atoms with Crippen LogP contribution in [0.25, 0.3) is 0 Å². The summed E-state index contributed by atoms with van der Waals surface area (Å²) in [7, 11) is 0. The normalized spacial score (nSPS) is 20.0. The summed E-state index contributed by atoms with van der Waals surface area (Å²) in [5, 5.41) is 5.93. The lowest BCUT2D eigenvalue weighted by Gasteiger charge is -2.40. The van der Waals surface area contributed by atoms with Crippen molar-refractivity contribution in [2.75, 3.05) is 38.0 Å². The number of benzene rings is 1. The number of hydrogen-bond acceptors (Lipinski definition) is 3. The molecule has 0 unspecified atom stereocenters. The van der Waals surface area contributed by atoms with Gasteiger partial charge in [0.25, 0.3) is 0 Å². The first-order valence-electron chi connectivity index (χ1n) is 11.3. The van der Waals surface area contributed by atoms with E-state index in [0.29, 0.717) is 50.2 Å². The monoisotopic (exact) mass is 418 g/mol. The molecule has 166 valence electrons. The van der Waals surface area contributed by atoms with Gasteiger partial charge < -0.3 is 15.5 Å². The second-order valence-corrected chi connectivity index (χ2v) is 8.71. The average molecular weight is 419 g/mol. The Hall–Kier alpha value is -2.15. The molecule has 0 aromatic heterocycles. The van der Waals surface area contributed by atoms with E-state index in [2.05, 4.69) is 29.4 Å². The zero-order valence-corrected chi connectivity index (χ0v) is 18.2. The van der Waals surface area contributed by atoms with Gasteiger partial charge in [-0.25, -0.2) is 9.18 Å². The largest absolute Gasteiger partial charge is 0.354 e. The minimum absolute atomic E-state index is 0.106. The Morgan fingerprint density at radius 1 is 1.17 bits per heavy atom. The van der Waals surface area contributed by atoms with Crippen molar-refractivity contribution in [1.82, 2.24) is 15.1 Å². The van der Waals surface area contributed by atoms with Crippen molar-refractivity contribution < 1.29 is 14.0 Å². The molecular weight excluding hydrogens is 383 g/mol. The zero-order valence-electron chi connectivity index (χ0n) is 18.2. The van der Waals surface area contributed by atoms with Crippen molar-refractivity contribution in [2.24, 2.45) is 11.8 Å². The standard InChI is InChI=1S/C23H35FN4O2/c1-3-17(2)16-25-22(29)21(18-7-4-5-8-18)27-11-13-28(14-12-27)23(30)26-20-10-6-9-19(24)15-20/h6,9-10,15,17-18,21H,3-5,7-8,11-14,16H2,1-2H3,(H,25,29)(H,26,30)/t17-,21+/m1/s1. The minimum atomic E-state index is -0.375. The van der Waals surface area contributed by atoms with Gasteiger partial charge in [-0.1, -0.05) is 39.2 Å². The van der Waals surface area contributed by atoms with Gasteiger partial charge >= 0.3 is 6.03 Å². The molecule has 1 saturated heterocycles. The van der Waals surface area contributed by atoms with Gasteiger partial charge in [-0.15, -0.1) is 0 Å². The van der Waals surface area contributed by atoms with E-state index in [0.717, 1.165) is 19.3 Å². The molecule has 6 nitrogen and oxygen atoms in total. The molecule has 0 radical (unpaired) electrons. The lowest BCUT2D eigenvalue weighted by atomic mass is 9.94. The highest BCUT2D eigenvalue weighted by molar-refractivity contribution is 5.89. The Bertz CT molecular complexity index is 715. The van der Waals surface area contributed by atoms with Crippen LogP contribution in [-0.4, -0.2) is 60.5 Å². The van der Waals surface area contributed by atoms with E-state index in [1.165, 1.54) is 25.0 Å². The number of urea groups is 1. The fraction of sp³-hybridized carbons (Fsp3) is 0.652. The molecule has 1 aromatic carbocycles. The SMILES string of the molecule is CC[C@@H](C)CNC(=O)[C@H](C1CCCC1)N1CCN(C(=O)Nc2cccc(F)c2)CC1. The summed E-state index contributed by atoms with van der Waals surface area (Å²) in [5.41, 5.74) is 0.454. The molecule has 0 bridgehead atoms. The first-order chi connectivity index (χ1) is 14.5. The molecule has 0 spiro atoms. The Labute approximate surface area is 179 Å². The molecular formula is C23H35FN4O2. The molecule has 1 aliphatic heterocycles. The number of carbonyl (C=O) groups is 2. The van der Waals surface area contributed by atoms with Crippen LogP contribution in [0.5, 0.6) is 0 Å². The number of rotatable bonds is 7. The van der Waals surface area contributed by atoms with Gasteiger partial charge in [0.05, 0.1) is 6.04 Å². The van der Waals surface area contributed by atoms with Crippen LogP contribution in [0.2, 0.25) is 0 Å². The molecule has 1 aromatic rings. The summed E-state index contributed by atoms with van der Waals surface area (Å²) < 4.78 is 13.3. The van der Waals surface area contributed by atoms with E-state index in [-0.39, 0.29) is 23.8 Å². The maximum atomic E-state index is 13.3. The first kappa shape index (κ1) is 22.5. The predicted octanol–water partition coefficient (Wildman–Crippen LogP) is 3.70. The number of nitrogens with zero attached hydrogens (tertiary/aromatic N) is 2. The smallest absolute Gasteiger partial charge is 0.321 e. The fourth-order valence-corrected chi connectivity index (χ4v) is 4.45. The zero-order chi connectivity index (χ0) is 21.5. The lowest BCUT2D eigenvalue weighted by molar-refractivity contribution is -0.129. The van der Waals surface area contributed by atoms with Gasteiger partial charge in [0.1, 0.15) is 5.82 Å². The summed E-state index contributed by atoms with van der Waals surface area (Å²) in [4.78, 5) is 29.6. The molecule has 1 aliphatic carbocycles. The quantitative estimate of drug-likeness (QED) is 0.710. The van der Waals surface area contributed by atoms with Crippen LogP contribution >= 0.6 is 0 Å². The van der Waals surface area contributed by atoms with Gasteiger partial charge in [-0.05, 0) is 42.9 Å². The predicted molar refractivity (Wildman–Crippen MR) is 117 cm³/mol. The van der Waals surface area contributed by atoms with Crippen molar-refractivity contribution in [3.63, 3.8) is 0 Å². The Morgan fingerprint density at radius 3 is 2.50 bits per heavy atom. The Morgan fingerprint density at radius 2 is 1.87 bits per heavy atom. The third kappa shape index (κ3) is 5.94. The van der Waals surface area contributed by atoms with Crippen LogP contribution in [0.15, 0.2) is 24.3 Å². The lowest BCUT2D eigenvalue weighted by Crippen LogP contribution is -2.58. The Kier molecular flexibility index (Phi) is 8.08. The maximum Gasteiger partial charge on any atom is 0.321 e. The van der Waals surface area contributed by atoms with Crippen molar-refractivity contribution in [2.45, 2.75) is 52.0 Å². The van der Waals surface area contributed by atoms with Gasteiger partial charge in [-0.2, -0.15) is 0 Å². The molecule has 2 N–H and O–H groups in total. The highest BCUT2D eigenvalue weighted by atomic mass is 19.1. The number of carbonyl (C=O) groups excluding carboxylic acids is 2. The van der Waals surface area contributed by atoms with Crippen LogP contribution in [-0.2, 0) is 4.79 Å². The van der Waals surface area contributed by atoms with Gasteiger partial charge in [0.15, 0.2) is 0 Å². The summed E-state index contributed by atoms with van der Waals surface area (Å²) in [6.07, 6.45) is 5.63. The summed E-state index contributed by atoms with van der Waals surface area (Å²) >= 11 is 0. The second-order valence-electron chi connectivity index (χ2n) is 8.71. The number of amides is 3. The third-order valence-corrected chi connectivity index (χ3v) is 6.51. The third-order valence-electron chi connectivity index (χ3n) is 6.51. The molecule has 1 saturated carbocycles. The van der Waals surface area contributed by atoms with Crippen LogP contribution in [0.3, 0.4) is 0 Å². The topological polar surface area (TPSA) is 64.7 Å². The average Bonchev–Trinajstić information content (AvgIpc) is 3.27. The van der Waals surface area contributed by atoms with Crippen LogP contribution in [0.4, 0.5) is 14.9 Å². The summed E-state index contributed by atoms with van der Waals surface area (Å²) in [6, 6.07) is 5.58. The van der Waals surface area contributed by atoms with Crippen LogP contribution < -0.4 is 10.6 Å². The number of halogens is 1. The Balaban J connectivity index is 1.56. The van der Waals surface area contributed by atoms with E-state index < -0.39 is 0 Å². The first-order valence-corrected chi connectivity index (χ1v) is 11.3. The molecule has 2 atom stereocenters. The molecule has 3 amide bonds. The van der Waals surface area contributed by atoms with Gasteiger partial charge in [0, 0.05) is 38.4 Å².